The SMILES string of the molecule is CCCCN1C(=O)C(=O)/C(=C(\O)c2ccc(OCC(C)C)cc2)C1c1ccc(OC)cc1. The highest BCUT2D eigenvalue weighted by molar-refractivity contribution is 6.46. The van der Waals surface area contributed by atoms with Gasteiger partial charge >= 0.3 is 0 Å². The molecular formula is C26H31NO5. The number of Topliss-reactive ketones (excluding diaryl/α,β-unsaturated/α-hetero) is 1. The topological polar surface area (TPSA) is 76.1 Å². The number of carbonyl (C=O) groups excluding carboxylic acids is 2. The van der Waals surface area contributed by atoms with Gasteiger partial charge in [0.2, 0.25) is 0 Å². The number of aliphatic hydroxyl groups is 1. The summed E-state index contributed by atoms with van der Waals surface area (Å²) in [7, 11) is 1.58. The number of nitrogens with zero attached hydrogens (tertiary/aromatic N) is 1. The van der Waals surface area contributed by atoms with Gasteiger partial charge in [0, 0.05) is 12.1 Å². The molecule has 1 unspecified atom stereocenters. The van der Waals surface area contributed by atoms with Crippen LogP contribution >= 0.6 is 0 Å². The van der Waals surface area contributed by atoms with E-state index in [9.17, 15) is 14.7 Å². The lowest BCUT2D eigenvalue weighted by Crippen LogP contribution is -2.30. The number of hydrogen-bond donors (Lipinski definition) is 1. The summed E-state index contributed by atoms with van der Waals surface area (Å²) in [6.07, 6.45) is 1.65. The van der Waals surface area contributed by atoms with E-state index in [4.69, 9.17) is 9.47 Å². The third kappa shape index (κ3) is 4.96. The first-order chi connectivity index (χ1) is 15.4. The van der Waals surface area contributed by atoms with E-state index in [0.29, 0.717) is 36.1 Å². The zero-order chi connectivity index (χ0) is 23.3. The van der Waals surface area contributed by atoms with Crippen LogP contribution in [0.25, 0.3) is 5.76 Å². The summed E-state index contributed by atoms with van der Waals surface area (Å²) in [5.74, 6) is 0.323. The molecule has 32 heavy (non-hydrogen) atoms. The molecule has 1 fully saturated rings. The number of aliphatic hydroxyl groups excluding tert-OH is 1. The molecule has 1 amide bonds. The number of carbonyl (C=O) groups is 2. The van der Waals surface area contributed by atoms with Crippen molar-refractivity contribution in [2.45, 2.75) is 39.7 Å². The minimum absolute atomic E-state index is 0.104. The van der Waals surface area contributed by atoms with Gasteiger partial charge in [0.25, 0.3) is 11.7 Å². The van der Waals surface area contributed by atoms with Gasteiger partial charge < -0.3 is 19.5 Å². The van der Waals surface area contributed by atoms with Gasteiger partial charge in [-0.2, -0.15) is 0 Å². The number of ketones is 1. The lowest BCUT2D eigenvalue weighted by Gasteiger charge is -2.25. The molecule has 1 saturated heterocycles. The van der Waals surface area contributed by atoms with E-state index in [0.717, 1.165) is 18.4 Å². The molecule has 0 aromatic heterocycles. The lowest BCUT2D eigenvalue weighted by atomic mass is 9.95. The molecule has 6 nitrogen and oxygen atoms in total. The minimum atomic E-state index is -0.667. The van der Waals surface area contributed by atoms with Crippen LogP contribution in [0.1, 0.15) is 50.8 Å². The zero-order valence-corrected chi connectivity index (χ0v) is 19.1. The second kappa shape index (κ2) is 10.4. The molecule has 0 spiro atoms. The zero-order valence-electron chi connectivity index (χ0n) is 19.1. The molecule has 0 saturated carbocycles. The average molecular weight is 438 g/mol. The largest absolute Gasteiger partial charge is 0.507 e. The maximum absolute atomic E-state index is 13.0. The monoisotopic (exact) mass is 437 g/mol. The van der Waals surface area contributed by atoms with Crippen molar-refractivity contribution < 1.29 is 24.2 Å². The van der Waals surface area contributed by atoms with E-state index in [-0.39, 0.29) is 11.3 Å². The number of ether oxygens (including phenoxy) is 2. The van der Waals surface area contributed by atoms with Crippen molar-refractivity contribution in [1.82, 2.24) is 4.90 Å². The van der Waals surface area contributed by atoms with Crippen molar-refractivity contribution in [3.8, 4) is 11.5 Å². The molecule has 1 aliphatic heterocycles. The van der Waals surface area contributed by atoms with E-state index in [1.165, 1.54) is 0 Å². The van der Waals surface area contributed by atoms with Gasteiger partial charge in [0.1, 0.15) is 17.3 Å². The first-order valence-corrected chi connectivity index (χ1v) is 11.0. The summed E-state index contributed by atoms with van der Waals surface area (Å²) in [6.45, 7) is 7.19. The molecule has 2 aromatic rings. The van der Waals surface area contributed by atoms with Crippen LogP contribution in [0.5, 0.6) is 11.5 Å². The Kier molecular flexibility index (Phi) is 7.57. The number of amides is 1. The fourth-order valence-corrected chi connectivity index (χ4v) is 3.70. The summed E-state index contributed by atoms with van der Waals surface area (Å²) in [4.78, 5) is 27.4. The number of rotatable bonds is 9. The average Bonchev–Trinajstić information content (AvgIpc) is 3.06. The number of hydrogen-bond acceptors (Lipinski definition) is 5. The number of benzene rings is 2. The predicted molar refractivity (Wildman–Crippen MR) is 124 cm³/mol. The van der Waals surface area contributed by atoms with Crippen LogP contribution < -0.4 is 9.47 Å². The third-order valence-corrected chi connectivity index (χ3v) is 5.44. The first-order valence-electron chi connectivity index (χ1n) is 11.0. The van der Waals surface area contributed by atoms with Crippen molar-refractivity contribution in [2.24, 2.45) is 5.92 Å². The molecule has 0 bridgehead atoms. The van der Waals surface area contributed by atoms with Crippen LogP contribution in [0.15, 0.2) is 54.1 Å². The van der Waals surface area contributed by atoms with Crippen LogP contribution in [0.2, 0.25) is 0 Å². The Morgan fingerprint density at radius 1 is 1.03 bits per heavy atom. The summed E-state index contributed by atoms with van der Waals surface area (Å²) in [5, 5.41) is 11.1. The quantitative estimate of drug-likeness (QED) is 0.341. The van der Waals surface area contributed by atoms with Crippen LogP contribution in [0.4, 0.5) is 0 Å². The normalized spacial score (nSPS) is 17.8. The van der Waals surface area contributed by atoms with E-state index in [2.05, 4.69) is 13.8 Å². The van der Waals surface area contributed by atoms with Gasteiger partial charge in [-0.25, -0.2) is 0 Å². The molecular weight excluding hydrogens is 406 g/mol. The summed E-state index contributed by atoms with van der Waals surface area (Å²) in [5.41, 5.74) is 1.32. The summed E-state index contributed by atoms with van der Waals surface area (Å²) < 4.78 is 10.9. The summed E-state index contributed by atoms with van der Waals surface area (Å²) >= 11 is 0. The Balaban J connectivity index is 2.02. The number of unbranched alkanes of at least 4 members (excludes halogenated alkanes) is 1. The van der Waals surface area contributed by atoms with Crippen molar-refractivity contribution in [3.05, 3.63) is 65.2 Å². The molecule has 1 heterocycles. The van der Waals surface area contributed by atoms with Crippen molar-refractivity contribution in [3.63, 3.8) is 0 Å². The highest BCUT2D eigenvalue weighted by Gasteiger charge is 2.45. The molecule has 170 valence electrons. The molecule has 1 atom stereocenters. The Labute approximate surface area is 189 Å². The molecule has 2 aromatic carbocycles. The van der Waals surface area contributed by atoms with Gasteiger partial charge in [-0.05, 0) is 54.3 Å². The fraction of sp³-hybridized carbons (Fsp3) is 0.385. The minimum Gasteiger partial charge on any atom is -0.507 e. The Hall–Kier alpha value is -3.28. The Morgan fingerprint density at radius 3 is 2.22 bits per heavy atom. The van der Waals surface area contributed by atoms with E-state index in [1.807, 2.05) is 19.1 Å². The van der Waals surface area contributed by atoms with Gasteiger partial charge in [0.05, 0.1) is 25.3 Å². The van der Waals surface area contributed by atoms with Crippen molar-refractivity contribution >= 4 is 17.4 Å². The first kappa shape index (κ1) is 23.4. The van der Waals surface area contributed by atoms with Crippen LogP contribution in [-0.2, 0) is 9.59 Å². The van der Waals surface area contributed by atoms with Crippen LogP contribution in [-0.4, -0.2) is 42.0 Å². The van der Waals surface area contributed by atoms with Crippen LogP contribution in [0, 0.1) is 5.92 Å². The van der Waals surface area contributed by atoms with E-state index >= 15 is 0 Å². The number of likely N-dealkylation sites (tertiary alicyclic amines) is 1. The van der Waals surface area contributed by atoms with Gasteiger partial charge in [0.15, 0.2) is 0 Å². The highest BCUT2D eigenvalue weighted by Crippen LogP contribution is 2.40. The van der Waals surface area contributed by atoms with Crippen molar-refractivity contribution in [2.75, 3.05) is 20.3 Å². The van der Waals surface area contributed by atoms with Crippen molar-refractivity contribution in [1.29, 1.82) is 0 Å². The molecule has 1 aliphatic rings. The smallest absolute Gasteiger partial charge is 0.295 e. The Morgan fingerprint density at radius 2 is 1.66 bits per heavy atom. The second-order valence-electron chi connectivity index (χ2n) is 8.35. The summed E-state index contributed by atoms with van der Waals surface area (Å²) in [6, 6.07) is 13.5. The third-order valence-electron chi connectivity index (χ3n) is 5.44. The predicted octanol–water partition coefficient (Wildman–Crippen LogP) is 4.95. The standard InChI is InChI=1S/C26H31NO5/c1-5-6-15-27-23(18-7-11-20(31-4)12-8-18)22(25(29)26(27)30)24(28)19-9-13-21(14-10-19)32-16-17(2)3/h7-14,17,23,28H,5-6,15-16H2,1-4H3/b24-22-. The maximum Gasteiger partial charge on any atom is 0.295 e. The second-order valence-corrected chi connectivity index (χ2v) is 8.35. The molecule has 0 aliphatic carbocycles. The van der Waals surface area contributed by atoms with Gasteiger partial charge in [-0.3, -0.25) is 9.59 Å². The molecule has 0 radical (unpaired) electrons. The van der Waals surface area contributed by atoms with Gasteiger partial charge in [-0.15, -0.1) is 0 Å². The van der Waals surface area contributed by atoms with E-state index in [1.54, 1.807) is 48.4 Å². The van der Waals surface area contributed by atoms with Crippen LogP contribution in [0.3, 0.4) is 0 Å². The fourth-order valence-electron chi connectivity index (χ4n) is 3.70. The lowest BCUT2D eigenvalue weighted by molar-refractivity contribution is -0.139. The highest BCUT2D eigenvalue weighted by atomic mass is 16.5. The molecule has 1 N–H and O–H groups in total. The Bertz CT molecular complexity index is 976. The van der Waals surface area contributed by atoms with E-state index < -0.39 is 17.7 Å². The maximum atomic E-state index is 13.0. The molecule has 3 rings (SSSR count). The number of methoxy groups -OCH3 is 1. The molecule has 6 heteroatoms. The van der Waals surface area contributed by atoms with Gasteiger partial charge in [-0.1, -0.05) is 39.3 Å².